The largest absolute Gasteiger partial charge is 0.383 e. The summed E-state index contributed by atoms with van der Waals surface area (Å²) in [5.74, 6) is 2.12. The van der Waals surface area contributed by atoms with E-state index in [9.17, 15) is 4.79 Å². The minimum absolute atomic E-state index is 0.0552. The summed E-state index contributed by atoms with van der Waals surface area (Å²) in [5, 5.41) is 9.25. The van der Waals surface area contributed by atoms with E-state index in [1.165, 1.54) is 6.42 Å². The first-order valence-electron chi connectivity index (χ1n) is 7.78. The third-order valence-electron chi connectivity index (χ3n) is 3.79. The molecule has 0 aromatic rings. The first-order valence-corrected chi connectivity index (χ1v) is 7.78. The molecule has 0 spiro atoms. The van der Waals surface area contributed by atoms with Crippen molar-refractivity contribution in [2.75, 3.05) is 33.9 Å². The van der Waals surface area contributed by atoms with Gasteiger partial charge in [-0.15, -0.1) is 0 Å². The van der Waals surface area contributed by atoms with Crippen LogP contribution in [-0.4, -0.2) is 51.8 Å². The monoisotopic (exact) mass is 298 g/mol. The minimum atomic E-state index is -0.0552. The van der Waals surface area contributed by atoms with Gasteiger partial charge in [0, 0.05) is 26.7 Å². The fraction of sp³-hybridized carbons (Fsp3) is 0.867. The maximum absolute atomic E-state index is 11.6. The first kappa shape index (κ1) is 17.8. The average Bonchev–Trinajstić information content (AvgIpc) is 2.42. The number of rotatable bonds is 6. The number of nitrogens with one attached hydrogen (secondary N) is 3. The molecule has 1 amide bonds. The number of nitrogens with zero attached hydrogens (tertiary/aromatic N) is 1. The highest BCUT2D eigenvalue weighted by Gasteiger charge is 2.24. The molecule has 1 rings (SSSR count). The lowest BCUT2D eigenvalue weighted by Gasteiger charge is -2.32. The van der Waals surface area contributed by atoms with Crippen molar-refractivity contribution in [2.24, 2.45) is 16.8 Å². The van der Waals surface area contributed by atoms with Crippen LogP contribution in [0.1, 0.15) is 33.1 Å². The molecule has 1 aliphatic rings. The van der Waals surface area contributed by atoms with E-state index in [0.29, 0.717) is 25.2 Å². The van der Waals surface area contributed by atoms with Crippen LogP contribution in [0.4, 0.5) is 0 Å². The Hall–Kier alpha value is -1.30. The maximum Gasteiger partial charge on any atom is 0.239 e. The zero-order valence-electron chi connectivity index (χ0n) is 13.7. The molecule has 6 heteroatoms. The van der Waals surface area contributed by atoms with E-state index in [4.69, 9.17) is 4.74 Å². The van der Waals surface area contributed by atoms with Gasteiger partial charge in [-0.2, -0.15) is 0 Å². The van der Waals surface area contributed by atoms with Gasteiger partial charge in [0.1, 0.15) is 0 Å². The van der Waals surface area contributed by atoms with Crippen molar-refractivity contribution in [3.05, 3.63) is 0 Å². The van der Waals surface area contributed by atoms with Crippen LogP contribution in [0.2, 0.25) is 0 Å². The molecule has 0 bridgehead atoms. The number of methoxy groups -OCH3 is 1. The van der Waals surface area contributed by atoms with Gasteiger partial charge in [-0.05, 0) is 31.1 Å². The number of carbonyl (C=O) groups excluding carboxylic acids is 1. The van der Waals surface area contributed by atoms with Gasteiger partial charge in [0.05, 0.1) is 13.2 Å². The van der Waals surface area contributed by atoms with Crippen LogP contribution in [0.5, 0.6) is 0 Å². The van der Waals surface area contributed by atoms with E-state index in [2.05, 4.69) is 34.8 Å². The number of guanidine groups is 1. The van der Waals surface area contributed by atoms with Crippen molar-refractivity contribution in [1.82, 2.24) is 16.0 Å². The predicted octanol–water partition coefficient (Wildman–Crippen LogP) is 0.739. The van der Waals surface area contributed by atoms with Crippen molar-refractivity contribution < 1.29 is 9.53 Å². The van der Waals surface area contributed by atoms with E-state index < -0.39 is 0 Å². The Morgan fingerprint density at radius 3 is 2.43 bits per heavy atom. The second-order valence-corrected chi connectivity index (χ2v) is 6.03. The molecule has 0 heterocycles. The number of amides is 1. The Kier molecular flexibility index (Phi) is 8.12. The highest BCUT2D eigenvalue weighted by molar-refractivity contribution is 5.86. The molecule has 3 N–H and O–H groups in total. The summed E-state index contributed by atoms with van der Waals surface area (Å²) in [4.78, 5) is 15.8. The van der Waals surface area contributed by atoms with Gasteiger partial charge in [-0.3, -0.25) is 9.79 Å². The van der Waals surface area contributed by atoms with E-state index in [1.807, 2.05) is 0 Å². The summed E-state index contributed by atoms with van der Waals surface area (Å²) in [5.41, 5.74) is 0. The second-order valence-electron chi connectivity index (χ2n) is 6.03. The SMILES string of the molecule is CN=C(NCC(=O)NCCOC)NC1CC(C)CC(C)C1. The molecule has 6 nitrogen and oxygen atoms in total. The Bertz CT molecular complexity index is 337. The number of carbonyl (C=O) groups is 1. The Balaban J connectivity index is 2.30. The molecule has 1 aliphatic carbocycles. The topological polar surface area (TPSA) is 74.8 Å². The molecule has 122 valence electrons. The van der Waals surface area contributed by atoms with E-state index in [1.54, 1.807) is 14.2 Å². The van der Waals surface area contributed by atoms with Crippen LogP contribution < -0.4 is 16.0 Å². The summed E-state index contributed by atoms with van der Waals surface area (Å²) >= 11 is 0. The molecule has 2 unspecified atom stereocenters. The van der Waals surface area contributed by atoms with Crippen molar-refractivity contribution in [3.63, 3.8) is 0 Å². The molecule has 0 radical (unpaired) electrons. The summed E-state index contributed by atoms with van der Waals surface area (Å²) < 4.78 is 4.89. The molecular weight excluding hydrogens is 268 g/mol. The van der Waals surface area contributed by atoms with Crippen LogP contribution in [0.25, 0.3) is 0 Å². The van der Waals surface area contributed by atoms with Crippen molar-refractivity contribution in [1.29, 1.82) is 0 Å². The van der Waals surface area contributed by atoms with E-state index >= 15 is 0 Å². The third-order valence-corrected chi connectivity index (χ3v) is 3.79. The highest BCUT2D eigenvalue weighted by atomic mass is 16.5. The fourth-order valence-electron chi connectivity index (χ4n) is 2.97. The van der Waals surface area contributed by atoms with Crippen LogP contribution in [-0.2, 0) is 9.53 Å². The van der Waals surface area contributed by atoms with Gasteiger partial charge in [-0.1, -0.05) is 13.8 Å². The molecule has 1 fully saturated rings. The smallest absolute Gasteiger partial charge is 0.239 e. The summed E-state index contributed by atoms with van der Waals surface area (Å²) in [7, 11) is 3.34. The Morgan fingerprint density at radius 1 is 1.19 bits per heavy atom. The van der Waals surface area contributed by atoms with Crippen LogP contribution in [0.3, 0.4) is 0 Å². The van der Waals surface area contributed by atoms with Crippen LogP contribution in [0.15, 0.2) is 4.99 Å². The number of hydrogen-bond acceptors (Lipinski definition) is 3. The standard InChI is InChI=1S/C15H30N4O2/c1-11-7-12(2)9-13(8-11)19-15(16-3)18-10-14(20)17-5-6-21-4/h11-13H,5-10H2,1-4H3,(H,17,20)(H2,16,18,19). The first-order chi connectivity index (χ1) is 10.0. The second kappa shape index (κ2) is 9.60. The molecule has 21 heavy (non-hydrogen) atoms. The maximum atomic E-state index is 11.6. The zero-order valence-corrected chi connectivity index (χ0v) is 13.7. The van der Waals surface area contributed by atoms with Gasteiger partial charge in [0.15, 0.2) is 5.96 Å². The predicted molar refractivity (Wildman–Crippen MR) is 85.4 cm³/mol. The molecule has 0 aromatic carbocycles. The van der Waals surface area contributed by atoms with Gasteiger partial charge in [0.25, 0.3) is 0 Å². The molecule has 1 saturated carbocycles. The third kappa shape index (κ3) is 7.32. The zero-order chi connectivity index (χ0) is 15.7. The van der Waals surface area contributed by atoms with E-state index in [0.717, 1.165) is 24.7 Å². The molecule has 2 atom stereocenters. The van der Waals surface area contributed by atoms with Gasteiger partial charge in [-0.25, -0.2) is 0 Å². The number of hydrogen-bond donors (Lipinski definition) is 3. The lowest BCUT2D eigenvalue weighted by molar-refractivity contribution is -0.120. The van der Waals surface area contributed by atoms with E-state index in [-0.39, 0.29) is 12.5 Å². The molecular formula is C15H30N4O2. The Morgan fingerprint density at radius 2 is 1.86 bits per heavy atom. The molecule has 0 saturated heterocycles. The van der Waals surface area contributed by atoms with Crippen LogP contribution in [0, 0.1) is 11.8 Å². The summed E-state index contributed by atoms with van der Waals surface area (Å²) in [6.45, 7) is 5.87. The van der Waals surface area contributed by atoms with Crippen molar-refractivity contribution >= 4 is 11.9 Å². The van der Waals surface area contributed by atoms with Gasteiger partial charge < -0.3 is 20.7 Å². The van der Waals surface area contributed by atoms with Crippen molar-refractivity contribution in [2.45, 2.75) is 39.2 Å². The number of aliphatic imine (C=N–C) groups is 1. The lowest BCUT2D eigenvalue weighted by atomic mass is 9.80. The Labute approximate surface area is 128 Å². The minimum Gasteiger partial charge on any atom is -0.383 e. The summed E-state index contributed by atoms with van der Waals surface area (Å²) in [6.07, 6.45) is 3.61. The van der Waals surface area contributed by atoms with Crippen LogP contribution >= 0.6 is 0 Å². The molecule has 0 aromatic heterocycles. The van der Waals surface area contributed by atoms with Gasteiger partial charge >= 0.3 is 0 Å². The quantitative estimate of drug-likeness (QED) is 0.384. The summed E-state index contributed by atoms with van der Waals surface area (Å²) in [6, 6.07) is 0.437. The highest BCUT2D eigenvalue weighted by Crippen LogP contribution is 2.28. The average molecular weight is 298 g/mol. The molecule has 0 aliphatic heterocycles. The number of ether oxygens (including phenoxy) is 1. The van der Waals surface area contributed by atoms with Crippen molar-refractivity contribution in [3.8, 4) is 0 Å². The fourth-order valence-corrected chi connectivity index (χ4v) is 2.97. The normalized spacial score (nSPS) is 26.3. The lowest BCUT2D eigenvalue weighted by Crippen LogP contribution is -2.48. The van der Waals surface area contributed by atoms with Gasteiger partial charge in [0.2, 0.25) is 5.91 Å².